The van der Waals surface area contributed by atoms with Gasteiger partial charge in [-0.2, -0.15) is 0 Å². The molecule has 0 bridgehead atoms. The van der Waals surface area contributed by atoms with Gasteiger partial charge in [0.05, 0.1) is 13.2 Å². The van der Waals surface area contributed by atoms with E-state index in [0.29, 0.717) is 0 Å². The molecule has 0 aliphatic heterocycles. The van der Waals surface area contributed by atoms with Gasteiger partial charge >= 0.3 is 0 Å². The van der Waals surface area contributed by atoms with Crippen LogP contribution in [0.25, 0.3) is 32.3 Å². The third kappa shape index (κ3) is 1.91. The molecule has 0 heterocycles. The number of phenols is 1. The number of aliphatic hydroxyl groups excluding tert-OH is 2. The largest absolute Gasteiger partial charge is 0.507 e. The van der Waals surface area contributed by atoms with Crippen molar-refractivity contribution in [3.63, 3.8) is 0 Å². The number of benzene rings is 4. The molecule has 3 heteroatoms. The molecule has 3 N–H and O–H groups in total. The fourth-order valence-electron chi connectivity index (χ4n) is 3.54. The number of rotatable bonds is 2. The summed E-state index contributed by atoms with van der Waals surface area (Å²) in [6.07, 6.45) is 0. The van der Waals surface area contributed by atoms with E-state index in [1.165, 1.54) is 0 Å². The Hall–Kier alpha value is -2.62. The van der Waals surface area contributed by atoms with E-state index in [-0.39, 0.29) is 19.0 Å². The standard InChI is InChI=1S/C20H16O3/c21-10-17-12-4-1-2-5-13(12)18(11-22)20-15-6-3-7-19(23)14(15)8-9-16(17)20/h1-9,21-23H,10-11H2. The first-order valence-corrected chi connectivity index (χ1v) is 7.55. The molecular formula is C20H16O3. The summed E-state index contributed by atoms with van der Waals surface area (Å²) in [7, 11) is 0. The predicted molar refractivity (Wildman–Crippen MR) is 92.5 cm³/mol. The van der Waals surface area contributed by atoms with Crippen molar-refractivity contribution in [1.29, 1.82) is 0 Å². The topological polar surface area (TPSA) is 60.7 Å². The number of aliphatic hydroxyl groups is 2. The summed E-state index contributed by atoms with van der Waals surface area (Å²) in [5.74, 6) is 0.215. The summed E-state index contributed by atoms with van der Waals surface area (Å²) in [6, 6.07) is 16.9. The molecule has 23 heavy (non-hydrogen) atoms. The van der Waals surface area contributed by atoms with Crippen molar-refractivity contribution < 1.29 is 15.3 Å². The van der Waals surface area contributed by atoms with E-state index in [4.69, 9.17) is 0 Å². The van der Waals surface area contributed by atoms with E-state index >= 15 is 0 Å². The summed E-state index contributed by atoms with van der Waals surface area (Å²) < 4.78 is 0. The first kappa shape index (κ1) is 14.0. The van der Waals surface area contributed by atoms with Crippen molar-refractivity contribution in [3.8, 4) is 5.75 Å². The van der Waals surface area contributed by atoms with Crippen molar-refractivity contribution in [2.24, 2.45) is 0 Å². The molecule has 3 nitrogen and oxygen atoms in total. The quantitative estimate of drug-likeness (QED) is 0.389. The molecule has 0 aliphatic rings. The van der Waals surface area contributed by atoms with Gasteiger partial charge in [0.25, 0.3) is 0 Å². The Labute approximate surface area is 133 Å². The molecule has 0 spiro atoms. The second-order valence-electron chi connectivity index (χ2n) is 5.68. The third-order valence-corrected chi connectivity index (χ3v) is 4.56. The summed E-state index contributed by atoms with van der Waals surface area (Å²) in [5, 5.41) is 35.3. The molecule has 0 aromatic heterocycles. The van der Waals surface area contributed by atoms with Crippen LogP contribution < -0.4 is 0 Å². The van der Waals surface area contributed by atoms with Crippen LogP contribution in [0, 0.1) is 0 Å². The Bertz CT molecular complexity index is 1050. The van der Waals surface area contributed by atoms with Crippen LogP contribution in [0.4, 0.5) is 0 Å². The van der Waals surface area contributed by atoms with E-state index < -0.39 is 0 Å². The van der Waals surface area contributed by atoms with Gasteiger partial charge in [-0.3, -0.25) is 0 Å². The Kier molecular flexibility index (Phi) is 3.18. The first-order chi connectivity index (χ1) is 11.3. The molecule has 114 valence electrons. The van der Waals surface area contributed by atoms with Gasteiger partial charge in [-0.1, -0.05) is 48.5 Å². The maximum atomic E-state index is 10.1. The van der Waals surface area contributed by atoms with Crippen molar-refractivity contribution >= 4 is 32.3 Å². The van der Waals surface area contributed by atoms with E-state index in [0.717, 1.165) is 43.4 Å². The Morgan fingerprint density at radius 1 is 0.565 bits per heavy atom. The van der Waals surface area contributed by atoms with Crippen LogP contribution in [0.15, 0.2) is 54.6 Å². The number of aromatic hydroxyl groups is 1. The third-order valence-electron chi connectivity index (χ3n) is 4.56. The van der Waals surface area contributed by atoms with Gasteiger partial charge in [0.1, 0.15) is 5.75 Å². The zero-order valence-corrected chi connectivity index (χ0v) is 12.5. The van der Waals surface area contributed by atoms with Gasteiger partial charge in [-0.05, 0) is 44.1 Å². The molecule has 0 fully saturated rings. The predicted octanol–water partition coefficient (Wildman–Crippen LogP) is 3.84. The van der Waals surface area contributed by atoms with Gasteiger partial charge in [0.15, 0.2) is 0 Å². The highest BCUT2D eigenvalue weighted by Crippen LogP contribution is 2.39. The number of hydrogen-bond donors (Lipinski definition) is 3. The average Bonchev–Trinajstić information content (AvgIpc) is 2.59. The number of hydrogen-bond acceptors (Lipinski definition) is 3. The Morgan fingerprint density at radius 3 is 1.87 bits per heavy atom. The number of phenolic OH excluding ortho intramolecular Hbond substituents is 1. The molecule has 0 aliphatic carbocycles. The Morgan fingerprint density at radius 2 is 1.17 bits per heavy atom. The van der Waals surface area contributed by atoms with Gasteiger partial charge in [-0.25, -0.2) is 0 Å². The molecule has 0 saturated heterocycles. The SMILES string of the molecule is OCc1c2ccccc2c(CO)c2c1ccc1c(O)cccc12. The molecule has 0 radical (unpaired) electrons. The number of fused-ring (bicyclic) bond motifs is 4. The van der Waals surface area contributed by atoms with Crippen molar-refractivity contribution in [1.82, 2.24) is 0 Å². The second kappa shape index (κ2) is 5.23. The highest BCUT2D eigenvalue weighted by atomic mass is 16.3. The molecule has 4 aromatic carbocycles. The van der Waals surface area contributed by atoms with Gasteiger partial charge in [0.2, 0.25) is 0 Å². The van der Waals surface area contributed by atoms with E-state index in [2.05, 4.69) is 0 Å². The fourth-order valence-corrected chi connectivity index (χ4v) is 3.54. The van der Waals surface area contributed by atoms with Crippen LogP contribution in [0.3, 0.4) is 0 Å². The second-order valence-corrected chi connectivity index (χ2v) is 5.68. The van der Waals surface area contributed by atoms with Gasteiger partial charge < -0.3 is 15.3 Å². The molecular weight excluding hydrogens is 288 g/mol. The maximum Gasteiger partial charge on any atom is 0.123 e. The van der Waals surface area contributed by atoms with Crippen molar-refractivity contribution in [3.05, 3.63) is 65.7 Å². The van der Waals surface area contributed by atoms with Gasteiger partial charge in [0, 0.05) is 5.39 Å². The molecule has 4 aromatic rings. The van der Waals surface area contributed by atoms with Crippen molar-refractivity contribution in [2.75, 3.05) is 0 Å². The molecule has 0 unspecified atom stereocenters. The molecule has 0 saturated carbocycles. The molecule has 4 rings (SSSR count). The van der Waals surface area contributed by atoms with Crippen LogP contribution in [-0.4, -0.2) is 15.3 Å². The van der Waals surface area contributed by atoms with Gasteiger partial charge in [-0.15, -0.1) is 0 Å². The van der Waals surface area contributed by atoms with E-state index in [1.807, 2.05) is 42.5 Å². The lowest BCUT2D eigenvalue weighted by Crippen LogP contribution is -1.96. The first-order valence-electron chi connectivity index (χ1n) is 7.55. The maximum absolute atomic E-state index is 10.1. The highest BCUT2D eigenvalue weighted by molar-refractivity contribution is 6.17. The summed E-state index contributed by atoms with van der Waals surface area (Å²) >= 11 is 0. The Balaban J connectivity index is 2.37. The van der Waals surface area contributed by atoms with Crippen molar-refractivity contribution in [2.45, 2.75) is 13.2 Å². The smallest absolute Gasteiger partial charge is 0.123 e. The normalized spacial score (nSPS) is 11.6. The lowest BCUT2D eigenvalue weighted by atomic mass is 9.89. The zero-order chi connectivity index (χ0) is 16.0. The zero-order valence-electron chi connectivity index (χ0n) is 12.5. The minimum atomic E-state index is -0.0997. The highest BCUT2D eigenvalue weighted by Gasteiger charge is 2.15. The van der Waals surface area contributed by atoms with Crippen LogP contribution in [-0.2, 0) is 13.2 Å². The summed E-state index contributed by atoms with van der Waals surface area (Å²) in [5.41, 5.74) is 1.67. The fraction of sp³-hybridized carbons (Fsp3) is 0.100. The molecule has 0 amide bonds. The average molecular weight is 304 g/mol. The lowest BCUT2D eigenvalue weighted by molar-refractivity contribution is 0.282. The van der Waals surface area contributed by atoms with Crippen LogP contribution >= 0.6 is 0 Å². The minimum Gasteiger partial charge on any atom is -0.507 e. The lowest BCUT2D eigenvalue weighted by Gasteiger charge is -2.16. The van der Waals surface area contributed by atoms with Crippen LogP contribution in [0.1, 0.15) is 11.1 Å². The van der Waals surface area contributed by atoms with E-state index in [9.17, 15) is 15.3 Å². The molecule has 0 atom stereocenters. The summed E-state index contributed by atoms with van der Waals surface area (Å²) in [4.78, 5) is 0. The monoisotopic (exact) mass is 304 g/mol. The van der Waals surface area contributed by atoms with Crippen LogP contribution in [0.5, 0.6) is 5.75 Å². The summed E-state index contributed by atoms with van der Waals surface area (Å²) in [6.45, 7) is -0.176. The van der Waals surface area contributed by atoms with E-state index in [1.54, 1.807) is 12.1 Å². The van der Waals surface area contributed by atoms with Crippen LogP contribution in [0.2, 0.25) is 0 Å². The minimum absolute atomic E-state index is 0.0763.